The molecule has 0 aromatic carbocycles. The summed E-state index contributed by atoms with van der Waals surface area (Å²) in [7, 11) is 3.20. The second-order valence-electron chi connectivity index (χ2n) is 3.47. The van der Waals surface area contributed by atoms with Crippen LogP contribution in [0.25, 0.3) is 0 Å². The zero-order valence-corrected chi connectivity index (χ0v) is 10.9. The Hall–Kier alpha value is 0.0969. The fraction of sp³-hybridized carbons (Fsp3) is 1.00. The largest absolute Gasteiger partial charge is 0.330 e. The molecule has 0 aliphatic heterocycles. The predicted molar refractivity (Wildman–Crippen MR) is 62.3 cm³/mol. The zero-order chi connectivity index (χ0) is 10.3. The van der Waals surface area contributed by atoms with Crippen molar-refractivity contribution in [2.45, 2.75) is 33.2 Å². The van der Waals surface area contributed by atoms with Crippen molar-refractivity contribution in [3.63, 3.8) is 0 Å². The fourth-order valence-corrected chi connectivity index (χ4v) is 3.18. The highest BCUT2D eigenvalue weighted by Gasteiger charge is 2.15. The van der Waals surface area contributed by atoms with E-state index in [-0.39, 0.29) is 0 Å². The molecular weight excluding hydrogens is 178 g/mol. The van der Waals surface area contributed by atoms with E-state index >= 15 is 0 Å². The van der Waals surface area contributed by atoms with Gasteiger partial charge in [0.1, 0.15) is 0 Å². The fourth-order valence-electron chi connectivity index (χ4n) is 1.44. The molecule has 0 heterocycles. The third kappa shape index (κ3) is 4.76. The van der Waals surface area contributed by atoms with Gasteiger partial charge in [-0.05, 0) is 34.0 Å². The molecule has 0 aliphatic rings. The lowest BCUT2D eigenvalue weighted by Gasteiger charge is -2.29. The molecule has 3 nitrogen and oxygen atoms in total. The lowest BCUT2D eigenvalue weighted by molar-refractivity contribution is 0.246. The first-order chi connectivity index (χ1) is 6.19. The van der Waals surface area contributed by atoms with E-state index in [1.807, 2.05) is 0 Å². The third-order valence-electron chi connectivity index (χ3n) is 2.73. The minimum absolute atomic E-state index is 0.710. The molecule has 2 N–H and O–H groups in total. The van der Waals surface area contributed by atoms with Gasteiger partial charge in [-0.2, -0.15) is 0 Å². The van der Waals surface area contributed by atoms with Crippen LogP contribution in [0.5, 0.6) is 0 Å². The highest BCUT2D eigenvalue weighted by molar-refractivity contribution is 6.53. The SMILES string of the molecule is CCC(C)N(CC)C[SiH](NC)NC. The van der Waals surface area contributed by atoms with Crippen LogP contribution >= 0.6 is 0 Å². The highest BCUT2D eigenvalue weighted by atomic mass is 28.3. The maximum atomic E-state index is 3.38. The second-order valence-corrected chi connectivity index (χ2v) is 6.10. The molecule has 0 fully saturated rings. The first kappa shape index (κ1) is 13.1. The Labute approximate surface area is 84.7 Å². The number of nitrogens with one attached hydrogen (secondary N) is 2. The molecule has 0 saturated carbocycles. The minimum atomic E-state index is -0.912. The van der Waals surface area contributed by atoms with Crippen molar-refractivity contribution in [3.05, 3.63) is 0 Å². The summed E-state index contributed by atoms with van der Waals surface area (Å²) >= 11 is 0. The average Bonchev–Trinajstić information content (AvgIpc) is 2.19. The van der Waals surface area contributed by atoms with Crippen LogP contribution in [-0.4, -0.2) is 46.9 Å². The molecule has 0 aromatic rings. The van der Waals surface area contributed by atoms with Crippen LogP contribution < -0.4 is 9.96 Å². The van der Waals surface area contributed by atoms with E-state index in [4.69, 9.17) is 0 Å². The van der Waals surface area contributed by atoms with Crippen LogP contribution in [-0.2, 0) is 0 Å². The number of hydrogen-bond acceptors (Lipinski definition) is 3. The Bertz CT molecular complexity index is 117. The van der Waals surface area contributed by atoms with Gasteiger partial charge < -0.3 is 14.9 Å². The molecule has 0 amide bonds. The molecule has 1 unspecified atom stereocenters. The number of nitrogens with zero attached hydrogens (tertiary/aromatic N) is 1. The van der Waals surface area contributed by atoms with Gasteiger partial charge in [0.05, 0.1) is 0 Å². The zero-order valence-electron chi connectivity index (χ0n) is 9.72. The summed E-state index contributed by atoms with van der Waals surface area (Å²) in [6.07, 6.45) is 2.45. The predicted octanol–water partition coefficient (Wildman–Crippen LogP) is 0.305. The standard InChI is InChI=1S/C9H25N3Si/c1-6-9(3)12(7-2)8-13(10-4)11-5/h9-11,13H,6-8H2,1-5H3. The molecule has 0 radical (unpaired) electrons. The number of rotatable bonds is 7. The van der Waals surface area contributed by atoms with Crippen LogP contribution in [0.4, 0.5) is 0 Å². The van der Waals surface area contributed by atoms with Crippen LogP contribution in [0, 0.1) is 0 Å². The van der Waals surface area contributed by atoms with Crippen molar-refractivity contribution >= 4 is 9.12 Å². The molecule has 0 bridgehead atoms. The molecule has 4 heteroatoms. The summed E-state index contributed by atoms with van der Waals surface area (Å²) in [4.78, 5) is 9.31. The summed E-state index contributed by atoms with van der Waals surface area (Å²) in [6, 6.07) is 0.710. The summed E-state index contributed by atoms with van der Waals surface area (Å²) in [5.74, 6) is 0. The van der Waals surface area contributed by atoms with Gasteiger partial charge in [-0.15, -0.1) is 0 Å². The van der Waals surface area contributed by atoms with Crippen molar-refractivity contribution < 1.29 is 0 Å². The van der Waals surface area contributed by atoms with Crippen LogP contribution in [0.3, 0.4) is 0 Å². The first-order valence-electron chi connectivity index (χ1n) is 5.28. The summed E-state index contributed by atoms with van der Waals surface area (Å²) in [6.45, 7) is 7.95. The topological polar surface area (TPSA) is 27.3 Å². The monoisotopic (exact) mass is 203 g/mol. The summed E-state index contributed by atoms with van der Waals surface area (Å²) in [5, 5.41) is 0. The van der Waals surface area contributed by atoms with Gasteiger partial charge in [-0.25, -0.2) is 0 Å². The van der Waals surface area contributed by atoms with Gasteiger partial charge in [-0.3, -0.25) is 0 Å². The van der Waals surface area contributed by atoms with Crippen molar-refractivity contribution in [2.24, 2.45) is 0 Å². The summed E-state index contributed by atoms with van der Waals surface area (Å²) < 4.78 is 0. The Morgan fingerprint density at radius 3 is 2.08 bits per heavy atom. The molecule has 0 rings (SSSR count). The lowest BCUT2D eigenvalue weighted by Crippen LogP contribution is -2.53. The Balaban J connectivity index is 3.94. The van der Waals surface area contributed by atoms with Crippen molar-refractivity contribution in [2.75, 3.05) is 26.8 Å². The Kier molecular flexibility index (Phi) is 7.55. The van der Waals surface area contributed by atoms with E-state index in [2.05, 4.69) is 49.7 Å². The van der Waals surface area contributed by atoms with Crippen LogP contribution in [0.2, 0.25) is 0 Å². The van der Waals surface area contributed by atoms with Gasteiger partial charge in [0.25, 0.3) is 0 Å². The van der Waals surface area contributed by atoms with E-state index in [0.717, 1.165) is 6.54 Å². The molecule has 0 spiro atoms. The highest BCUT2D eigenvalue weighted by Crippen LogP contribution is 2.01. The van der Waals surface area contributed by atoms with Crippen LogP contribution in [0.1, 0.15) is 27.2 Å². The maximum Gasteiger partial charge on any atom is 0.198 e. The summed E-state index contributed by atoms with van der Waals surface area (Å²) in [5.41, 5.74) is 0. The number of hydrogen-bond donors (Lipinski definition) is 2. The molecule has 13 heavy (non-hydrogen) atoms. The third-order valence-corrected chi connectivity index (χ3v) is 4.96. The average molecular weight is 203 g/mol. The lowest BCUT2D eigenvalue weighted by atomic mass is 10.2. The van der Waals surface area contributed by atoms with Crippen molar-refractivity contribution in [3.8, 4) is 0 Å². The molecule has 0 saturated heterocycles. The van der Waals surface area contributed by atoms with E-state index in [1.54, 1.807) is 0 Å². The smallest absolute Gasteiger partial charge is 0.198 e. The van der Waals surface area contributed by atoms with Crippen molar-refractivity contribution in [1.82, 2.24) is 14.9 Å². The van der Waals surface area contributed by atoms with Crippen LogP contribution in [0.15, 0.2) is 0 Å². The van der Waals surface area contributed by atoms with Gasteiger partial charge >= 0.3 is 0 Å². The quantitative estimate of drug-likeness (QED) is 0.583. The van der Waals surface area contributed by atoms with Gasteiger partial charge in [0.2, 0.25) is 0 Å². The van der Waals surface area contributed by atoms with Gasteiger partial charge in [0.15, 0.2) is 9.12 Å². The molecule has 0 aliphatic carbocycles. The first-order valence-corrected chi connectivity index (χ1v) is 7.25. The molecular formula is C9H25N3Si. The normalized spacial score (nSPS) is 14.1. The Morgan fingerprint density at radius 2 is 1.77 bits per heavy atom. The van der Waals surface area contributed by atoms with Gasteiger partial charge in [-0.1, -0.05) is 13.8 Å². The van der Waals surface area contributed by atoms with Gasteiger partial charge in [0, 0.05) is 12.2 Å². The maximum absolute atomic E-state index is 3.38. The van der Waals surface area contributed by atoms with E-state index in [1.165, 1.54) is 12.6 Å². The van der Waals surface area contributed by atoms with Crippen molar-refractivity contribution in [1.29, 1.82) is 0 Å². The molecule has 0 aromatic heterocycles. The van der Waals surface area contributed by atoms with E-state index in [0.29, 0.717) is 6.04 Å². The second kappa shape index (κ2) is 7.50. The van der Waals surface area contributed by atoms with E-state index in [9.17, 15) is 0 Å². The Morgan fingerprint density at radius 1 is 1.23 bits per heavy atom. The molecule has 1 atom stereocenters. The van der Waals surface area contributed by atoms with E-state index < -0.39 is 9.12 Å². The molecule has 80 valence electrons. The minimum Gasteiger partial charge on any atom is -0.330 e.